The predicted octanol–water partition coefficient (Wildman–Crippen LogP) is 3.86. The Kier molecular flexibility index (Phi) is 5.62. The molecule has 8 heteroatoms. The van der Waals surface area contributed by atoms with Gasteiger partial charge in [-0.2, -0.15) is 4.31 Å². The van der Waals surface area contributed by atoms with E-state index in [0.717, 1.165) is 15.0 Å². The molecule has 1 aromatic carbocycles. The number of anilines is 1. The molecule has 0 unspecified atom stereocenters. The molecule has 2 heterocycles. The number of amides is 1. The molecule has 5 nitrogen and oxygen atoms in total. The first kappa shape index (κ1) is 18.6. The molecule has 0 bridgehead atoms. The molecule has 0 spiro atoms. The van der Waals surface area contributed by atoms with Crippen molar-refractivity contribution in [3.8, 4) is 0 Å². The van der Waals surface area contributed by atoms with E-state index in [0.29, 0.717) is 23.6 Å². The lowest BCUT2D eigenvalue weighted by molar-refractivity contribution is -0.120. The van der Waals surface area contributed by atoms with E-state index in [1.807, 2.05) is 31.2 Å². The van der Waals surface area contributed by atoms with Crippen molar-refractivity contribution < 1.29 is 13.2 Å². The monoisotopic (exact) mass is 442 g/mol. The summed E-state index contributed by atoms with van der Waals surface area (Å²) < 4.78 is 28.0. The molecule has 0 radical (unpaired) electrons. The number of nitrogens with zero attached hydrogens (tertiary/aromatic N) is 1. The maximum atomic E-state index is 12.8. The fraction of sp³-hybridized carbons (Fsp3) is 0.353. The van der Waals surface area contributed by atoms with Gasteiger partial charge in [-0.1, -0.05) is 18.2 Å². The van der Waals surface area contributed by atoms with Gasteiger partial charge >= 0.3 is 0 Å². The number of para-hydroxylation sites is 1. The molecule has 1 aliphatic heterocycles. The lowest BCUT2D eigenvalue weighted by Gasteiger charge is -2.30. The fourth-order valence-corrected chi connectivity index (χ4v) is 6.57. The average molecular weight is 443 g/mol. The van der Waals surface area contributed by atoms with Gasteiger partial charge in [-0.05, 0) is 59.5 Å². The zero-order chi connectivity index (χ0) is 18.0. The Labute approximate surface area is 160 Å². The Bertz CT molecular complexity index is 880. The van der Waals surface area contributed by atoms with E-state index in [9.17, 15) is 13.2 Å². The van der Waals surface area contributed by atoms with Crippen LogP contribution in [0.5, 0.6) is 0 Å². The van der Waals surface area contributed by atoms with E-state index >= 15 is 0 Å². The van der Waals surface area contributed by atoms with Crippen LogP contribution >= 0.6 is 27.3 Å². The van der Waals surface area contributed by atoms with E-state index in [1.165, 1.54) is 15.6 Å². The normalized spacial score (nSPS) is 18.9. The molecule has 1 saturated heterocycles. The number of carbonyl (C=O) groups is 1. The molecule has 3 rings (SSSR count). The van der Waals surface area contributed by atoms with Crippen LogP contribution in [0.25, 0.3) is 0 Å². The minimum Gasteiger partial charge on any atom is -0.326 e. The first-order valence-electron chi connectivity index (χ1n) is 8.00. The van der Waals surface area contributed by atoms with Gasteiger partial charge in [-0.3, -0.25) is 4.79 Å². The van der Waals surface area contributed by atoms with Crippen molar-refractivity contribution in [3.63, 3.8) is 0 Å². The van der Waals surface area contributed by atoms with Gasteiger partial charge < -0.3 is 5.32 Å². The summed E-state index contributed by atoms with van der Waals surface area (Å²) in [6.07, 6.45) is 1.37. The summed E-state index contributed by atoms with van der Waals surface area (Å²) in [7, 11) is -3.55. The summed E-state index contributed by atoms with van der Waals surface area (Å²) in [5.41, 5.74) is 1.76. The Morgan fingerprint density at radius 1 is 1.28 bits per heavy atom. The number of hydrogen-bond donors (Lipinski definition) is 1. The summed E-state index contributed by atoms with van der Waals surface area (Å²) in [4.78, 5) is 12.6. The second-order valence-electron chi connectivity index (χ2n) is 6.06. The highest BCUT2D eigenvalue weighted by Gasteiger charge is 2.34. The number of thiophene rings is 1. The summed E-state index contributed by atoms with van der Waals surface area (Å²) in [6.45, 7) is 2.60. The number of aryl methyl sites for hydroxylation is 1. The van der Waals surface area contributed by atoms with Gasteiger partial charge in [0.25, 0.3) is 10.0 Å². The maximum Gasteiger partial charge on any atom is 0.252 e. The van der Waals surface area contributed by atoms with Gasteiger partial charge in [0.15, 0.2) is 0 Å². The molecule has 1 N–H and O–H groups in total. The Hall–Kier alpha value is -1.22. The van der Waals surface area contributed by atoms with Crippen molar-refractivity contribution in [3.05, 3.63) is 45.7 Å². The van der Waals surface area contributed by atoms with Gasteiger partial charge in [0.05, 0.1) is 9.70 Å². The van der Waals surface area contributed by atoms with Crippen LogP contribution in [0.4, 0.5) is 5.69 Å². The van der Waals surface area contributed by atoms with Gasteiger partial charge in [0, 0.05) is 18.8 Å². The number of benzene rings is 1. The van der Waals surface area contributed by atoms with Crippen LogP contribution in [0, 0.1) is 12.8 Å². The van der Waals surface area contributed by atoms with Crippen LogP contribution in [0.15, 0.2) is 44.4 Å². The van der Waals surface area contributed by atoms with Gasteiger partial charge in [0.2, 0.25) is 5.91 Å². The van der Waals surface area contributed by atoms with Crippen molar-refractivity contribution in [2.24, 2.45) is 5.92 Å². The van der Waals surface area contributed by atoms with Crippen LogP contribution in [0.3, 0.4) is 0 Å². The fourth-order valence-electron chi connectivity index (χ4n) is 2.89. The van der Waals surface area contributed by atoms with Crippen molar-refractivity contribution in [1.29, 1.82) is 0 Å². The Morgan fingerprint density at radius 3 is 2.72 bits per heavy atom. The summed E-state index contributed by atoms with van der Waals surface area (Å²) in [5, 5.41) is 2.93. The summed E-state index contributed by atoms with van der Waals surface area (Å²) >= 11 is 4.49. The molecule has 1 fully saturated rings. The number of halogens is 1. The zero-order valence-electron chi connectivity index (χ0n) is 13.7. The number of piperidine rings is 1. The second-order valence-corrected chi connectivity index (χ2v) is 10.7. The van der Waals surface area contributed by atoms with E-state index in [4.69, 9.17) is 0 Å². The van der Waals surface area contributed by atoms with Crippen LogP contribution in [-0.4, -0.2) is 31.7 Å². The van der Waals surface area contributed by atoms with E-state index in [-0.39, 0.29) is 18.4 Å². The van der Waals surface area contributed by atoms with Crippen LogP contribution < -0.4 is 5.32 Å². The molecule has 134 valence electrons. The summed E-state index contributed by atoms with van der Waals surface area (Å²) in [5.74, 6) is -0.465. The molecule has 2 aromatic rings. The van der Waals surface area contributed by atoms with Crippen LogP contribution in [0.1, 0.15) is 18.4 Å². The minimum atomic E-state index is -3.55. The predicted molar refractivity (Wildman–Crippen MR) is 103 cm³/mol. The first-order chi connectivity index (χ1) is 11.9. The van der Waals surface area contributed by atoms with Crippen molar-refractivity contribution >= 4 is 48.9 Å². The summed E-state index contributed by atoms with van der Waals surface area (Å²) in [6, 6.07) is 10.9. The van der Waals surface area contributed by atoms with Gasteiger partial charge in [-0.15, -0.1) is 11.3 Å². The molecular weight excluding hydrogens is 424 g/mol. The van der Waals surface area contributed by atoms with E-state index in [2.05, 4.69) is 21.2 Å². The lowest BCUT2D eigenvalue weighted by atomic mass is 9.98. The number of carbonyl (C=O) groups excluding carboxylic acids is 1. The van der Waals surface area contributed by atoms with Crippen LogP contribution in [-0.2, 0) is 14.8 Å². The molecule has 0 saturated carbocycles. The third kappa shape index (κ3) is 4.13. The zero-order valence-corrected chi connectivity index (χ0v) is 17.0. The largest absolute Gasteiger partial charge is 0.326 e. The van der Waals surface area contributed by atoms with Crippen LogP contribution in [0.2, 0.25) is 0 Å². The van der Waals surface area contributed by atoms with Gasteiger partial charge in [-0.25, -0.2) is 8.42 Å². The smallest absolute Gasteiger partial charge is 0.252 e. The average Bonchev–Trinajstić information content (AvgIpc) is 3.04. The lowest BCUT2D eigenvalue weighted by Crippen LogP contribution is -2.43. The molecule has 1 aromatic heterocycles. The molecule has 1 atom stereocenters. The Balaban J connectivity index is 1.73. The third-order valence-electron chi connectivity index (χ3n) is 4.30. The minimum absolute atomic E-state index is 0.124. The number of rotatable bonds is 4. The molecule has 25 heavy (non-hydrogen) atoms. The highest BCUT2D eigenvalue weighted by Crippen LogP contribution is 2.31. The highest BCUT2D eigenvalue weighted by molar-refractivity contribution is 9.11. The third-order valence-corrected chi connectivity index (χ3v) is 8.26. The maximum absolute atomic E-state index is 12.8. The van der Waals surface area contributed by atoms with E-state index < -0.39 is 10.0 Å². The second kappa shape index (κ2) is 7.57. The molecule has 0 aliphatic carbocycles. The van der Waals surface area contributed by atoms with Crippen molar-refractivity contribution in [2.75, 3.05) is 18.4 Å². The first-order valence-corrected chi connectivity index (χ1v) is 11.0. The topological polar surface area (TPSA) is 66.5 Å². The Morgan fingerprint density at radius 2 is 2.04 bits per heavy atom. The number of sulfonamides is 1. The van der Waals surface area contributed by atoms with E-state index in [1.54, 1.807) is 12.1 Å². The number of nitrogens with one attached hydrogen (secondary N) is 1. The molecular formula is C17H19BrN2O3S2. The van der Waals surface area contributed by atoms with Crippen molar-refractivity contribution in [2.45, 2.75) is 24.0 Å². The van der Waals surface area contributed by atoms with Crippen molar-refractivity contribution in [1.82, 2.24) is 4.31 Å². The quantitative estimate of drug-likeness (QED) is 0.781. The van der Waals surface area contributed by atoms with Gasteiger partial charge in [0.1, 0.15) is 4.21 Å². The molecule has 1 amide bonds. The SMILES string of the molecule is Cc1ccccc1NC(=O)[C@H]1CCCN(S(=O)(=O)c2ccc(Br)s2)C1. The highest BCUT2D eigenvalue weighted by atomic mass is 79.9. The molecule has 1 aliphatic rings. The number of hydrogen-bond acceptors (Lipinski definition) is 4. The standard InChI is InChI=1S/C17H19BrN2O3S2/c1-12-5-2-3-7-14(12)19-17(21)13-6-4-10-20(11-13)25(22,23)16-9-8-15(18)24-16/h2-3,5,7-9,13H,4,6,10-11H2,1H3,(H,19,21)/t13-/m0/s1.